The zero-order valence-corrected chi connectivity index (χ0v) is 5.55. The number of aryl methyl sites for hydroxylation is 1. The molecule has 3 heteroatoms. The van der Waals surface area contributed by atoms with Gasteiger partial charge in [0.1, 0.15) is 0 Å². The summed E-state index contributed by atoms with van der Waals surface area (Å²) in [5, 5.41) is 15.5. The van der Waals surface area contributed by atoms with E-state index < -0.39 is 6.10 Å². The quantitative estimate of drug-likeness (QED) is 0.584. The molecular weight excluding hydrogens is 116 g/mol. The van der Waals surface area contributed by atoms with Crippen LogP contribution in [0.5, 0.6) is 0 Å². The molecule has 0 saturated carbocycles. The highest BCUT2D eigenvalue weighted by atomic mass is 16.3. The van der Waals surface area contributed by atoms with E-state index in [1.54, 1.807) is 13.1 Å². The van der Waals surface area contributed by atoms with E-state index in [1.807, 2.05) is 6.92 Å². The number of hydrogen-bond donors (Lipinski definition) is 2. The van der Waals surface area contributed by atoms with Gasteiger partial charge in [-0.15, -0.1) is 0 Å². The predicted octanol–water partition coefficient (Wildman–Crippen LogP) is 0.771. The average molecular weight is 126 g/mol. The molecule has 0 bridgehead atoms. The number of nitrogens with one attached hydrogen (secondary N) is 1. The van der Waals surface area contributed by atoms with Gasteiger partial charge in [-0.3, -0.25) is 5.10 Å². The molecule has 0 aliphatic heterocycles. The van der Waals surface area contributed by atoms with Gasteiger partial charge in [-0.2, -0.15) is 5.10 Å². The van der Waals surface area contributed by atoms with Crippen LogP contribution in [0.4, 0.5) is 0 Å². The van der Waals surface area contributed by atoms with Crippen LogP contribution in [-0.4, -0.2) is 15.3 Å². The number of hydrogen-bond acceptors (Lipinski definition) is 2. The third kappa shape index (κ3) is 1.10. The lowest BCUT2D eigenvalue weighted by Crippen LogP contribution is -1.90. The van der Waals surface area contributed by atoms with Crippen molar-refractivity contribution in [3.63, 3.8) is 0 Å². The van der Waals surface area contributed by atoms with Crippen molar-refractivity contribution in [2.75, 3.05) is 0 Å². The second-order valence-corrected chi connectivity index (χ2v) is 2.13. The monoisotopic (exact) mass is 126 g/mol. The van der Waals surface area contributed by atoms with Crippen LogP contribution in [0.3, 0.4) is 0 Å². The molecule has 0 saturated heterocycles. The van der Waals surface area contributed by atoms with E-state index in [9.17, 15) is 0 Å². The molecule has 1 rings (SSSR count). The Morgan fingerprint density at radius 2 is 2.44 bits per heavy atom. The lowest BCUT2D eigenvalue weighted by Gasteiger charge is -1.98. The number of nitrogens with zero attached hydrogens (tertiary/aromatic N) is 1. The van der Waals surface area contributed by atoms with Crippen molar-refractivity contribution in [3.8, 4) is 0 Å². The van der Waals surface area contributed by atoms with Crippen LogP contribution in [0.15, 0.2) is 6.20 Å². The minimum atomic E-state index is -0.413. The molecule has 0 aliphatic rings. The molecule has 0 fully saturated rings. The minimum absolute atomic E-state index is 0.413. The van der Waals surface area contributed by atoms with Crippen LogP contribution < -0.4 is 0 Å². The molecule has 0 aliphatic carbocycles. The molecule has 1 atom stereocenters. The van der Waals surface area contributed by atoms with Gasteiger partial charge in [0.2, 0.25) is 0 Å². The smallest absolute Gasteiger partial charge is 0.0795 e. The maximum absolute atomic E-state index is 9.03. The first-order chi connectivity index (χ1) is 4.22. The molecule has 0 unspecified atom stereocenters. The SMILES string of the molecule is Cc1[nH]ncc1[C@@H](C)O. The Kier molecular flexibility index (Phi) is 1.53. The molecule has 1 aromatic rings. The fourth-order valence-corrected chi connectivity index (χ4v) is 0.781. The Hall–Kier alpha value is -0.830. The van der Waals surface area contributed by atoms with Gasteiger partial charge in [-0.1, -0.05) is 0 Å². The molecule has 50 valence electrons. The van der Waals surface area contributed by atoms with E-state index in [-0.39, 0.29) is 0 Å². The summed E-state index contributed by atoms with van der Waals surface area (Å²) in [6, 6.07) is 0. The van der Waals surface area contributed by atoms with Crippen LogP contribution in [0.25, 0.3) is 0 Å². The summed E-state index contributed by atoms with van der Waals surface area (Å²) in [7, 11) is 0. The summed E-state index contributed by atoms with van der Waals surface area (Å²) in [6.07, 6.45) is 1.23. The largest absolute Gasteiger partial charge is 0.389 e. The Morgan fingerprint density at radius 3 is 2.67 bits per heavy atom. The third-order valence-corrected chi connectivity index (χ3v) is 1.32. The van der Waals surface area contributed by atoms with Crippen molar-refractivity contribution < 1.29 is 5.11 Å². The number of aliphatic hydroxyl groups is 1. The number of H-pyrrole nitrogens is 1. The maximum atomic E-state index is 9.03. The first kappa shape index (κ1) is 6.29. The lowest BCUT2D eigenvalue weighted by molar-refractivity contribution is 0.198. The molecule has 1 aromatic heterocycles. The van der Waals surface area contributed by atoms with Crippen LogP contribution in [-0.2, 0) is 0 Å². The summed E-state index contributed by atoms with van der Waals surface area (Å²) in [4.78, 5) is 0. The van der Waals surface area contributed by atoms with E-state index in [1.165, 1.54) is 0 Å². The number of aromatic amines is 1. The normalized spacial score (nSPS) is 13.7. The summed E-state index contributed by atoms with van der Waals surface area (Å²) in [6.45, 7) is 3.60. The average Bonchev–Trinajstić information content (AvgIpc) is 2.13. The second kappa shape index (κ2) is 2.19. The van der Waals surface area contributed by atoms with Crippen molar-refractivity contribution in [1.29, 1.82) is 0 Å². The number of aliphatic hydroxyl groups excluding tert-OH is 1. The summed E-state index contributed by atoms with van der Waals surface area (Å²) in [5.74, 6) is 0. The molecule has 1 heterocycles. The Bertz CT molecular complexity index is 193. The lowest BCUT2D eigenvalue weighted by atomic mass is 10.2. The highest BCUT2D eigenvalue weighted by Gasteiger charge is 2.04. The fourth-order valence-electron chi connectivity index (χ4n) is 0.781. The minimum Gasteiger partial charge on any atom is -0.389 e. The van der Waals surface area contributed by atoms with Crippen molar-refractivity contribution >= 4 is 0 Å². The first-order valence-electron chi connectivity index (χ1n) is 2.89. The van der Waals surface area contributed by atoms with E-state index in [2.05, 4.69) is 10.2 Å². The molecule has 0 spiro atoms. The zero-order valence-electron chi connectivity index (χ0n) is 5.55. The predicted molar refractivity (Wildman–Crippen MR) is 34.0 cm³/mol. The van der Waals surface area contributed by atoms with Crippen molar-refractivity contribution in [2.24, 2.45) is 0 Å². The van der Waals surface area contributed by atoms with Crippen LogP contribution in [0.1, 0.15) is 24.3 Å². The fraction of sp³-hybridized carbons (Fsp3) is 0.500. The summed E-state index contributed by atoms with van der Waals surface area (Å²) < 4.78 is 0. The van der Waals surface area contributed by atoms with E-state index in [0.29, 0.717) is 0 Å². The van der Waals surface area contributed by atoms with Crippen molar-refractivity contribution in [2.45, 2.75) is 20.0 Å². The first-order valence-corrected chi connectivity index (χ1v) is 2.89. The van der Waals surface area contributed by atoms with Gasteiger partial charge >= 0.3 is 0 Å². The van der Waals surface area contributed by atoms with E-state index >= 15 is 0 Å². The highest BCUT2D eigenvalue weighted by Crippen LogP contribution is 2.12. The number of rotatable bonds is 1. The van der Waals surface area contributed by atoms with E-state index in [0.717, 1.165) is 11.3 Å². The molecule has 3 nitrogen and oxygen atoms in total. The van der Waals surface area contributed by atoms with Crippen LogP contribution in [0, 0.1) is 6.92 Å². The molecular formula is C6H10N2O. The molecule has 0 amide bonds. The Morgan fingerprint density at radius 1 is 1.78 bits per heavy atom. The van der Waals surface area contributed by atoms with Crippen molar-refractivity contribution in [1.82, 2.24) is 10.2 Å². The van der Waals surface area contributed by atoms with Gasteiger partial charge in [0, 0.05) is 11.3 Å². The zero-order chi connectivity index (χ0) is 6.85. The molecule has 2 N–H and O–H groups in total. The van der Waals surface area contributed by atoms with Gasteiger partial charge in [0.05, 0.1) is 12.3 Å². The van der Waals surface area contributed by atoms with Gasteiger partial charge in [0.25, 0.3) is 0 Å². The van der Waals surface area contributed by atoms with Crippen molar-refractivity contribution in [3.05, 3.63) is 17.5 Å². The highest BCUT2D eigenvalue weighted by molar-refractivity contribution is 5.16. The van der Waals surface area contributed by atoms with Gasteiger partial charge < -0.3 is 5.11 Å². The summed E-state index contributed by atoms with van der Waals surface area (Å²) >= 11 is 0. The third-order valence-electron chi connectivity index (χ3n) is 1.32. The standard InChI is InChI=1S/C6H10N2O/c1-4-6(5(2)9)3-7-8-4/h3,5,9H,1-2H3,(H,7,8)/t5-/m1/s1. The van der Waals surface area contributed by atoms with E-state index in [4.69, 9.17) is 5.11 Å². The van der Waals surface area contributed by atoms with Gasteiger partial charge in [-0.25, -0.2) is 0 Å². The van der Waals surface area contributed by atoms with Crippen LogP contribution >= 0.6 is 0 Å². The topological polar surface area (TPSA) is 48.9 Å². The molecule has 0 aromatic carbocycles. The number of aromatic nitrogens is 2. The van der Waals surface area contributed by atoms with Crippen LogP contribution in [0.2, 0.25) is 0 Å². The Balaban J connectivity index is 2.94. The van der Waals surface area contributed by atoms with Gasteiger partial charge in [0.15, 0.2) is 0 Å². The molecule has 9 heavy (non-hydrogen) atoms. The summed E-state index contributed by atoms with van der Waals surface area (Å²) in [5.41, 5.74) is 1.81. The van der Waals surface area contributed by atoms with Gasteiger partial charge in [-0.05, 0) is 13.8 Å². The molecule has 0 radical (unpaired) electrons. The maximum Gasteiger partial charge on any atom is 0.0795 e. The second-order valence-electron chi connectivity index (χ2n) is 2.13. The Labute approximate surface area is 53.7 Å².